The van der Waals surface area contributed by atoms with Crippen LogP contribution in [0.1, 0.15) is 187 Å². The Bertz CT molecular complexity index is 1030. The average molecular weight is 782 g/mol. The molecule has 0 aliphatic heterocycles. The standard InChI is InChI=1S/C44H80NO8P/c1-3-5-7-9-11-13-15-16-17-18-19-20-21-22-23-24-25-26-27-28-30-32-34-36-43(47)45-38-39-52-54(49,50)53-41-42(46)40-51-44(48)37-35-33-31-29-14-12-10-8-6-4-2/h11,13,16-17,19-20,22-23,42,46H,3-10,12,14-15,18,21,24-41H2,1-2H3,(H,45,47)(H,49,50)/b13-11-,17-16-,20-19-,23-22-. The molecule has 3 N–H and O–H groups in total. The maximum Gasteiger partial charge on any atom is 0.472 e. The topological polar surface area (TPSA) is 131 Å². The molecule has 0 bridgehead atoms. The molecule has 0 radical (unpaired) electrons. The molecule has 2 atom stereocenters. The summed E-state index contributed by atoms with van der Waals surface area (Å²) in [5.41, 5.74) is 0. The summed E-state index contributed by atoms with van der Waals surface area (Å²) in [6.45, 7) is 3.49. The van der Waals surface area contributed by atoms with E-state index in [0.29, 0.717) is 6.42 Å². The van der Waals surface area contributed by atoms with Crippen molar-refractivity contribution in [1.29, 1.82) is 0 Å². The molecule has 0 aliphatic carbocycles. The van der Waals surface area contributed by atoms with Gasteiger partial charge in [-0.25, -0.2) is 4.57 Å². The van der Waals surface area contributed by atoms with E-state index >= 15 is 0 Å². The molecule has 54 heavy (non-hydrogen) atoms. The number of phosphoric acid groups is 1. The minimum Gasteiger partial charge on any atom is -0.463 e. The van der Waals surface area contributed by atoms with Gasteiger partial charge in [0.1, 0.15) is 12.7 Å². The summed E-state index contributed by atoms with van der Waals surface area (Å²) in [7, 11) is -4.42. The summed E-state index contributed by atoms with van der Waals surface area (Å²) in [5.74, 6) is -0.529. The SMILES string of the molecule is CCCCC/C=C\C/C=C\C/C=C\C/C=C\CCCCCCCCCC(=O)NCCOP(=O)(O)OCC(O)COC(=O)CCCCCCCCCCCC. The second kappa shape index (κ2) is 40.6. The van der Waals surface area contributed by atoms with E-state index in [4.69, 9.17) is 13.8 Å². The van der Waals surface area contributed by atoms with Crippen molar-refractivity contribution in [3.63, 3.8) is 0 Å². The van der Waals surface area contributed by atoms with Crippen molar-refractivity contribution in [3.8, 4) is 0 Å². The Balaban J connectivity index is 3.61. The minimum atomic E-state index is -4.42. The Kier molecular flexibility index (Phi) is 39.1. The van der Waals surface area contributed by atoms with Gasteiger partial charge in [-0.1, -0.05) is 165 Å². The molecule has 1 amide bonds. The van der Waals surface area contributed by atoms with Crippen LogP contribution in [-0.4, -0.2) is 54.3 Å². The second-order valence-corrected chi connectivity index (χ2v) is 15.8. The van der Waals surface area contributed by atoms with Crippen molar-refractivity contribution in [3.05, 3.63) is 48.6 Å². The van der Waals surface area contributed by atoms with Gasteiger partial charge in [0.2, 0.25) is 5.91 Å². The number of hydrogen-bond acceptors (Lipinski definition) is 7. The molecule has 0 rings (SSSR count). The third-order valence-electron chi connectivity index (χ3n) is 9.01. The molecule has 10 heteroatoms. The highest BCUT2D eigenvalue weighted by Gasteiger charge is 2.23. The molecule has 0 aromatic rings. The van der Waals surface area contributed by atoms with Crippen molar-refractivity contribution >= 4 is 19.7 Å². The predicted octanol–water partition coefficient (Wildman–Crippen LogP) is 11.9. The highest BCUT2D eigenvalue weighted by molar-refractivity contribution is 7.47. The number of nitrogens with one attached hydrogen (secondary N) is 1. The van der Waals surface area contributed by atoms with Crippen LogP contribution in [0.15, 0.2) is 48.6 Å². The second-order valence-electron chi connectivity index (χ2n) is 14.3. The van der Waals surface area contributed by atoms with Gasteiger partial charge in [-0.15, -0.1) is 0 Å². The summed E-state index contributed by atoms with van der Waals surface area (Å²) < 4.78 is 26.8. The number of allylic oxidation sites excluding steroid dienone is 8. The van der Waals surface area contributed by atoms with Gasteiger partial charge in [0.25, 0.3) is 0 Å². The van der Waals surface area contributed by atoms with E-state index in [0.717, 1.165) is 64.2 Å². The summed E-state index contributed by atoms with van der Waals surface area (Å²) in [6, 6.07) is 0. The number of rotatable bonds is 40. The van der Waals surface area contributed by atoms with Crippen LogP contribution < -0.4 is 5.32 Å². The van der Waals surface area contributed by atoms with Crippen molar-refractivity contribution in [1.82, 2.24) is 5.32 Å². The first-order valence-electron chi connectivity index (χ1n) is 21.6. The molecule has 0 aliphatic rings. The van der Waals surface area contributed by atoms with E-state index in [9.17, 15) is 24.2 Å². The van der Waals surface area contributed by atoms with E-state index in [1.807, 2.05) is 0 Å². The zero-order chi connectivity index (χ0) is 39.6. The van der Waals surface area contributed by atoms with Crippen LogP contribution in [-0.2, 0) is 27.9 Å². The molecule has 0 heterocycles. The smallest absolute Gasteiger partial charge is 0.463 e. The number of esters is 1. The molecule has 0 aromatic carbocycles. The van der Waals surface area contributed by atoms with Crippen LogP contribution in [0, 0.1) is 0 Å². The lowest BCUT2D eigenvalue weighted by Crippen LogP contribution is -2.27. The van der Waals surface area contributed by atoms with E-state index in [1.54, 1.807) is 0 Å². The van der Waals surface area contributed by atoms with Crippen molar-refractivity contribution in [2.75, 3.05) is 26.4 Å². The third-order valence-corrected chi connectivity index (χ3v) is 10.00. The van der Waals surface area contributed by atoms with Crippen LogP contribution in [0.2, 0.25) is 0 Å². The highest BCUT2D eigenvalue weighted by atomic mass is 31.2. The first kappa shape index (κ1) is 52.0. The molecule has 0 aromatic heterocycles. The number of ether oxygens (including phenoxy) is 1. The van der Waals surface area contributed by atoms with Gasteiger partial charge < -0.3 is 20.1 Å². The lowest BCUT2D eigenvalue weighted by atomic mass is 10.1. The van der Waals surface area contributed by atoms with Gasteiger partial charge in [0, 0.05) is 19.4 Å². The number of aliphatic hydroxyl groups excluding tert-OH is 1. The Labute approximate surface area is 330 Å². The molecule has 2 unspecified atom stereocenters. The van der Waals surface area contributed by atoms with Crippen LogP contribution in [0.5, 0.6) is 0 Å². The molecule has 0 spiro atoms. The Hall–Kier alpha value is -2.03. The number of carbonyl (C=O) groups is 2. The molecular formula is C44H80NO8P. The molecule has 0 saturated heterocycles. The Morgan fingerprint density at radius 2 is 1.00 bits per heavy atom. The fourth-order valence-corrected chi connectivity index (χ4v) is 6.47. The van der Waals surface area contributed by atoms with Gasteiger partial charge in [-0.3, -0.25) is 18.6 Å². The number of aliphatic hydroxyl groups is 1. The quantitative estimate of drug-likeness (QED) is 0.0242. The largest absolute Gasteiger partial charge is 0.472 e. The summed E-state index contributed by atoms with van der Waals surface area (Å²) in [5, 5.41) is 12.6. The maximum absolute atomic E-state index is 12.1. The first-order chi connectivity index (χ1) is 26.3. The number of unbranched alkanes of at least 4 members (excludes halogenated alkanes) is 19. The minimum absolute atomic E-state index is 0.0747. The van der Waals surface area contributed by atoms with E-state index in [2.05, 4.69) is 67.8 Å². The van der Waals surface area contributed by atoms with Gasteiger partial charge >= 0.3 is 13.8 Å². The Morgan fingerprint density at radius 1 is 0.574 bits per heavy atom. The van der Waals surface area contributed by atoms with E-state index in [1.165, 1.54) is 96.3 Å². The van der Waals surface area contributed by atoms with Crippen molar-refractivity contribution < 1.29 is 37.9 Å². The van der Waals surface area contributed by atoms with Gasteiger partial charge in [-0.05, 0) is 57.8 Å². The van der Waals surface area contributed by atoms with E-state index in [-0.39, 0.29) is 32.1 Å². The van der Waals surface area contributed by atoms with Gasteiger partial charge in [0.15, 0.2) is 0 Å². The van der Waals surface area contributed by atoms with Crippen LogP contribution in [0.25, 0.3) is 0 Å². The van der Waals surface area contributed by atoms with Gasteiger partial charge in [-0.2, -0.15) is 0 Å². The van der Waals surface area contributed by atoms with Crippen LogP contribution in [0.3, 0.4) is 0 Å². The lowest BCUT2D eigenvalue weighted by molar-refractivity contribution is -0.147. The average Bonchev–Trinajstić information content (AvgIpc) is 3.16. The molecule has 0 fully saturated rings. The summed E-state index contributed by atoms with van der Waals surface area (Å²) in [4.78, 5) is 33.8. The van der Waals surface area contributed by atoms with Crippen molar-refractivity contribution in [2.24, 2.45) is 0 Å². The molecule has 314 valence electrons. The zero-order valence-electron chi connectivity index (χ0n) is 34.4. The lowest BCUT2D eigenvalue weighted by Gasteiger charge is -2.15. The van der Waals surface area contributed by atoms with E-state index < -0.39 is 26.5 Å². The highest BCUT2D eigenvalue weighted by Crippen LogP contribution is 2.42. The monoisotopic (exact) mass is 782 g/mol. The number of hydrogen-bond donors (Lipinski definition) is 3. The third kappa shape index (κ3) is 41.1. The number of amides is 1. The van der Waals surface area contributed by atoms with Crippen LogP contribution in [0.4, 0.5) is 0 Å². The summed E-state index contributed by atoms with van der Waals surface area (Å²) in [6.07, 6.45) is 46.2. The number of carbonyl (C=O) groups excluding carboxylic acids is 2. The Morgan fingerprint density at radius 3 is 1.54 bits per heavy atom. The fourth-order valence-electron chi connectivity index (χ4n) is 5.72. The van der Waals surface area contributed by atoms with Gasteiger partial charge in [0.05, 0.1) is 13.2 Å². The maximum atomic E-state index is 12.1. The molecule has 9 nitrogen and oxygen atoms in total. The fraction of sp³-hybridized carbons (Fsp3) is 0.773. The normalized spacial score (nSPS) is 13.8. The van der Waals surface area contributed by atoms with Crippen LogP contribution >= 0.6 is 7.82 Å². The zero-order valence-corrected chi connectivity index (χ0v) is 35.3. The molecular weight excluding hydrogens is 701 g/mol. The predicted molar refractivity (Wildman–Crippen MR) is 224 cm³/mol. The van der Waals surface area contributed by atoms with Crippen molar-refractivity contribution in [2.45, 2.75) is 193 Å². The number of phosphoric ester groups is 1. The first-order valence-corrected chi connectivity index (χ1v) is 23.1. The molecule has 0 saturated carbocycles. The summed E-state index contributed by atoms with van der Waals surface area (Å²) >= 11 is 0.